The predicted octanol–water partition coefficient (Wildman–Crippen LogP) is 4.23. The molecule has 0 amide bonds. The van der Waals surface area contributed by atoms with Gasteiger partial charge in [0.1, 0.15) is 11.5 Å². The molecular formula is C24H29ClO5. The Morgan fingerprint density at radius 2 is 2.00 bits per heavy atom. The predicted molar refractivity (Wildman–Crippen MR) is 116 cm³/mol. The monoisotopic (exact) mass is 432 g/mol. The molecule has 2 heterocycles. The van der Waals surface area contributed by atoms with Gasteiger partial charge in [-0.25, -0.2) is 0 Å². The van der Waals surface area contributed by atoms with Crippen LogP contribution in [0.25, 0.3) is 0 Å². The molecule has 162 valence electrons. The second-order valence-corrected chi connectivity index (χ2v) is 8.45. The summed E-state index contributed by atoms with van der Waals surface area (Å²) in [6.45, 7) is 3.28. The second-order valence-electron chi connectivity index (χ2n) is 8.07. The first-order valence-corrected chi connectivity index (χ1v) is 11.1. The van der Waals surface area contributed by atoms with Crippen LogP contribution in [0.5, 0.6) is 11.5 Å². The van der Waals surface area contributed by atoms with Crippen molar-refractivity contribution in [1.29, 1.82) is 0 Å². The highest BCUT2D eigenvalue weighted by molar-refractivity contribution is 6.33. The van der Waals surface area contributed by atoms with Crippen LogP contribution >= 0.6 is 11.6 Å². The fourth-order valence-corrected chi connectivity index (χ4v) is 4.57. The number of ether oxygens (including phenoxy) is 3. The van der Waals surface area contributed by atoms with Crippen molar-refractivity contribution in [2.24, 2.45) is 0 Å². The van der Waals surface area contributed by atoms with Crippen LogP contribution in [-0.4, -0.2) is 42.2 Å². The molecule has 2 aromatic carbocycles. The smallest absolute Gasteiger partial charge is 0.141 e. The van der Waals surface area contributed by atoms with Crippen molar-refractivity contribution in [1.82, 2.24) is 0 Å². The Labute approximate surface area is 182 Å². The molecule has 2 N–H and O–H groups in total. The quantitative estimate of drug-likeness (QED) is 0.685. The molecule has 0 bridgehead atoms. The fourth-order valence-electron chi connectivity index (χ4n) is 4.28. The molecule has 0 spiro atoms. The SMILES string of the molecule is CCCOc1ccc(Cc2cc([C@H]3C[C@@H](O)C[C@@H](CO)O3)c3c(c2Cl)OCC3)cc1. The summed E-state index contributed by atoms with van der Waals surface area (Å²) in [5.41, 5.74) is 4.17. The van der Waals surface area contributed by atoms with E-state index in [0.717, 1.165) is 46.6 Å². The molecule has 4 rings (SSSR count). The van der Waals surface area contributed by atoms with Gasteiger partial charge < -0.3 is 24.4 Å². The zero-order valence-corrected chi connectivity index (χ0v) is 18.0. The lowest BCUT2D eigenvalue weighted by molar-refractivity contribution is -0.114. The van der Waals surface area contributed by atoms with E-state index in [2.05, 4.69) is 25.1 Å². The van der Waals surface area contributed by atoms with Gasteiger partial charge in [-0.3, -0.25) is 0 Å². The summed E-state index contributed by atoms with van der Waals surface area (Å²) >= 11 is 6.72. The largest absolute Gasteiger partial charge is 0.494 e. The van der Waals surface area contributed by atoms with E-state index in [4.69, 9.17) is 25.8 Å². The Kier molecular flexibility index (Phi) is 6.84. The first-order chi connectivity index (χ1) is 14.6. The molecule has 0 radical (unpaired) electrons. The number of rotatable bonds is 7. The number of fused-ring (bicyclic) bond motifs is 1. The molecule has 6 heteroatoms. The summed E-state index contributed by atoms with van der Waals surface area (Å²) in [5, 5.41) is 20.5. The van der Waals surface area contributed by atoms with Gasteiger partial charge in [-0.1, -0.05) is 36.7 Å². The lowest BCUT2D eigenvalue weighted by Gasteiger charge is -2.33. The van der Waals surface area contributed by atoms with E-state index in [-0.39, 0.29) is 18.8 Å². The molecule has 30 heavy (non-hydrogen) atoms. The van der Waals surface area contributed by atoms with E-state index in [0.29, 0.717) is 37.5 Å². The van der Waals surface area contributed by atoms with Crippen LogP contribution in [0.3, 0.4) is 0 Å². The van der Waals surface area contributed by atoms with Crippen molar-refractivity contribution >= 4 is 11.6 Å². The van der Waals surface area contributed by atoms with Gasteiger partial charge in [0.25, 0.3) is 0 Å². The van der Waals surface area contributed by atoms with Crippen LogP contribution in [0.15, 0.2) is 30.3 Å². The molecule has 1 fully saturated rings. The van der Waals surface area contributed by atoms with Gasteiger partial charge in [0.2, 0.25) is 0 Å². The third-order valence-electron chi connectivity index (χ3n) is 5.75. The minimum absolute atomic E-state index is 0.0981. The normalized spacial score (nSPS) is 23.1. The first-order valence-electron chi connectivity index (χ1n) is 10.7. The fraction of sp³-hybridized carbons (Fsp3) is 0.500. The van der Waals surface area contributed by atoms with Crippen molar-refractivity contribution in [2.45, 2.75) is 57.3 Å². The van der Waals surface area contributed by atoms with Gasteiger partial charge in [0.05, 0.1) is 43.2 Å². The minimum Gasteiger partial charge on any atom is -0.494 e. The third-order valence-corrected chi connectivity index (χ3v) is 6.17. The van der Waals surface area contributed by atoms with Crippen molar-refractivity contribution in [3.8, 4) is 11.5 Å². The van der Waals surface area contributed by atoms with Crippen LogP contribution in [0.2, 0.25) is 5.02 Å². The summed E-state index contributed by atoms with van der Waals surface area (Å²) in [6.07, 6.45) is 2.25. The maximum absolute atomic E-state index is 10.3. The van der Waals surface area contributed by atoms with Crippen molar-refractivity contribution in [3.05, 3.63) is 57.6 Å². The maximum Gasteiger partial charge on any atom is 0.141 e. The number of aliphatic hydroxyl groups is 2. The zero-order valence-electron chi connectivity index (χ0n) is 17.3. The van der Waals surface area contributed by atoms with Gasteiger partial charge in [0.15, 0.2) is 0 Å². The summed E-state index contributed by atoms with van der Waals surface area (Å²) in [5.74, 6) is 1.60. The first kappa shape index (κ1) is 21.4. The van der Waals surface area contributed by atoms with Crippen molar-refractivity contribution in [2.75, 3.05) is 19.8 Å². The Morgan fingerprint density at radius 1 is 1.20 bits per heavy atom. The molecule has 5 nitrogen and oxygen atoms in total. The van der Waals surface area contributed by atoms with Crippen LogP contribution in [-0.2, 0) is 17.6 Å². The molecule has 0 saturated carbocycles. The summed E-state index contributed by atoms with van der Waals surface area (Å²) in [7, 11) is 0. The number of hydrogen-bond donors (Lipinski definition) is 2. The number of hydrogen-bond acceptors (Lipinski definition) is 5. The van der Waals surface area contributed by atoms with Gasteiger partial charge in [0, 0.05) is 24.8 Å². The average Bonchev–Trinajstić information content (AvgIpc) is 3.25. The number of halogens is 1. The molecule has 2 aliphatic heterocycles. The maximum atomic E-state index is 10.3. The highest BCUT2D eigenvalue weighted by Gasteiger charge is 2.33. The van der Waals surface area contributed by atoms with Crippen LogP contribution < -0.4 is 9.47 Å². The van der Waals surface area contributed by atoms with Crippen molar-refractivity contribution in [3.63, 3.8) is 0 Å². The number of aliphatic hydroxyl groups excluding tert-OH is 2. The molecule has 0 aliphatic carbocycles. The Hall–Kier alpha value is -1.79. The summed E-state index contributed by atoms with van der Waals surface area (Å²) < 4.78 is 17.6. The van der Waals surface area contributed by atoms with E-state index in [1.165, 1.54) is 0 Å². The number of benzene rings is 2. The lowest BCUT2D eigenvalue weighted by atomic mass is 9.89. The second kappa shape index (κ2) is 9.56. The molecule has 2 aromatic rings. The van der Waals surface area contributed by atoms with Gasteiger partial charge in [-0.2, -0.15) is 0 Å². The highest BCUT2D eigenvalue weighted by atomic mass is 35.5. The zero-order chi connectivity index (χ0) is 21.1. The molecule has 2 aliphatic rings. The molecule has 0 aromatic heterocycles. The third kappa shape index (κ3) is 4.59. The van der Waals surface area contributed by atoms with Gasteiger partial charge in [-0.15, -0.1) is 0 Å². The lowest BCUT2D eigenvalue weighted by Crippen LogP contribution is -2.33. The summed E-state index contributed by atoms with van der Waals surface area (Å²) in [4.78, 5) is 0. The van der Waals surface area contributed by atoms with Crippen LogP contribution in [0, 0.1) is 0 Å². The Balaban J connectivity index is 1.62. The standard InChI is InChI=1S/C24H29ClO5/c1-2-8-28-18-5-3-15(4-6-18)10-16-11-21(20-7-9-29-24(20)23(16)25)22-13-17(27)12-19(14-26)30-22/h3-6,11,17,19,22,26-27H,2,7-10,12-14H2,1H3/t17-,19-,22+/m0/s1. The van der Waals surface area contributed by atoms with E-state index in [9.17, 15) is 10.2 Å². The Bertz CT molecular complexity index is 867. The van der Waals surface area contributed by atoms with E-state index in [1.807, 2.05) is 12.1 Å². The molecule has 0 unspecified atom stereocenters. The van der Waals surface area contributed by atoms with Gasteiger partial charge in [-0.05, 0) is 41.7 Å². The molecular weight excluding hydrogens is 404 g/mol. The average molecular weight is 433 g/mol. The van der Waals surface area contributed by atoms with E-state index < -0.39 is 6.10 Å². The Morgan fingerprint density at radius 3 is 2.73 bits per heavy atom. The van der Waals surface area contributed by atoms with Crippen molar-refractivity contribution < 1.29 is 24.4 Å². The molecule has 3 atom stereocenters. The summed E-state index contributed by atoms with van der Waals surface area (Å²) in [6, 6.07) is 10.2. The van der Waals surface area contributed by atoms with Gasteiger partial charge >= 0.3 is 0 Å². The molecule has 1 saturated heterocycles. The topological polar surface area (TPSA) is 68.2 Å². The minimum atomic E-state index is -0.492. The highest BCUT2D eigenvalue weighted by Crippen LogP contribution is 2.44. The van der Waals surface area contributed by atoms with E-state index >= 15 is 0 Å². The van der Waals surface area contributed by atoms with E-state index in [1.54, 1.807) is 0 Å². The van der Waals surface area contributed by atoms with Crippen LogP contribution in [0.4, 0.5) is 0 Å². The van der Waals surface area contributed by atoms with Crippen LogP contribution in [0.1, 0.15) is 54.5 Å².